The Balaban J connectivity index is 1.81. The SMILES string of the molecule is CC1CN(C(CN)c2ccc3c(c2)OCCO3)CCCO1. The molecule has 2 heterocycles. The zero-order valence-electron chi connectivity index (χ0n) is 12.6. The Hall–Kier alpha value is -1.30. The Morgan fingerprint density at radius 3 is 2.86 bits per heavy atom. The van der Waals surface area contributed by atoms with Crippen molar-refractivity contribution in [3.05, 3.63) is 23.8 Å². The molecule has 3 rings (SSSR count). The van der Waals surface area contributed by atoms with Crippen LogP contribution in [-0.4, -0.2) is 50.5 Å². The molecule has 2 aliphatic rings. The molecule has 1 saturated heterocycles. The molecule has 21 heavy (non-hydrogen) atoms. The molecule has 5 nitrogen and oxygen atoms in total. The molecular formula is C16H24N2O3. The highest BCUT2D eigenvalue weighted by molar-refractivity contribution is 5.44. The van der Waals surface area contributed by atoms with Crippen molar-refractivity contribution in [2.75, 3.05) is 39.5 Å². The molecule has 0 bridgehead atoms. The maximum atomic E-state index is 6.05. The van der Waals surface area contributed by atoms with Crippen LogP contribution in [0.5, 0.6) is 11.5 Å². The summed E-state index contributed by atoms with van der Waals surface area (Å²) in [4.78, 5) is 2.42. The second-order valence-electron chi connectivity index (χ2n) is 5.68. The van der Waals surface area contributed by atoms with E-state index in [1.165, 1.54) is 5.56 Å². The highest BCUT2D eigenvalue weighted by Crippen LogP contribution is 2.34. The van der Waals surface area contributed by atoms with Gasteiger partial charge in [-0.15, -0.1) is 0 Å². The molecule has 2 unspecified atom stereocenters. The molecule has 0 radical (unpaired) electrons. The molecule has 116 valence electrons. The van der Waals surface area contributed by atoms with Crippen LogP contribution in [0.15, 0.2) is 18.2 Å². The topological polar surface area (TPSA) is 57.0 Å². The summed E-state index contributed by atoms with van der Waals surface area (Å²) in [5.41, 5.74) is 7.24. The Morgan fingerprint density at radius 2 is 2.05 bits per heavy atom. The first-order valence-corrected chi connectivity index (χ1v) is 7.73. The van der Waals surface area contributed by atoms with Crippen LogP contribution >= 0.6 is 0 Å². The van der Waals surface area contributed by atoms with Crippen LogP contribution in [0.1, 0.15) is 24.9 Å². The third-order valence-electron chi connectivity index (χ3n) is 4.10. The Labute approximate surface area is 126 Å². The number of hydrogen-bond acceptors (Lipinski definition) is 5. The summed E-state index contributed by atoms with van der Waals surface area (Å²) in [7, 11) is 0. The molecule has 2 aliphatic heterocycles. The molecule has 2 atom stereocenters. The smallest absolute Gasteiger partial charge is 0.161 e. The van der Waals surface area contributed by atoms with E-state index in [9.17, 15) is 0 Å². The van der Waals surface area contributed by atoms with Gasteiger partial charge in [-0.3, -0.25) is 4.90 Å². The van der Waals surface area contributed by atoms with E-state index in [0.717, 1.165) is 37.6 Å². The molecule has 0 aromatic heterocycles. The van der Waals surface area contributed by atoms with Crippen LogP contribution in [0, 0.1) is 0 Å². The zero-order valence-corrected chi connectivity index (χ0v) is 12.6. The first kappa shape index (κ1) is 14.6. The maximum absolute atomic E-state index is 6.05. The van der Waals surface area contributed by atoms with E-state index >= 15 is 0 Å². The molecule has 0 spiro atoms. The monoisotopic (exact) mass is 292 g/mol. The van der Waals surface area contributed by atoms with Crippen molar-refractivity contribution in [1.29, 1.82) is 0 Å². The number of benzene rings is 1. The van der Waals surface area contributed by atoms with Gasteiger partial charge < -0.3 is 19.9 Å². The normalized spacial score (nSPS) is 24.4. The van der Waals surface area contributed by atoms with Gasteiger partial charge in [-0.05, 0) is 31.0 Å². The molecule has 1 aromatic carbocycles. The predicted octanol–water partition coefficient (Wildman–Crippen LogP) is 1.57. The summed E-state index contributed by atoms with van der Waals surface area (Å²) in [5, 5.41) is 0. The quantitative estimate of drug-likeness (QED) is 0.916. The van der Waals surface area contributed by atoms with Gasteiger partial charge in [0.05, 0.1) is 6.10 Å². The van der Waals surface area contributed by atoms with Crippen LogP contribution in [0.3, 0.4) is 0 Å². The summed E-state index contributed by atoms with van der Waals surface area (Å²) >= 11 is 0. The highest BCUT2D eigenvalue weighted by Gasteiger charge is 2.24. The van der Waals surface area contributed by atoms with E-state index in [1.54, 1.807) is 0 Å². The average molecular weight is 292 g/mol. The van der Waals surface area contributed by atoms with Crippen LogP contribution in [0.25, 0.3) is 0 Å². The van der Waals surface area contributed by atoms with Crippen molar-refractivity contribution in [2.45, 2.75) is 25.5 Å². The second-order valence-corrected chi connectivity index (χ2v) is 5.68. The lowest BCUT2D eigenvalue weighted by atomic mass is 10.0. The lowest BCUT2D eigenvalue weighted by Crippen LogP contribution is -2.37. The van der Waals surface area contributed by atoms with Crippen molar-refractivity contribution in [3.8, 4) is 11.5 Å². The largest absolute Gasteiger partial charge is 0.486 e. The number of ether oxygens (including phenoxy) is 3. The van der Waals surface area contributed by atoms with E-state index in [1.807, 2.05) is 6.07 Å². The fraction of sp³-hybridized carbons (Fsp3) is 0.625. The molecule has 1 aromatic rings. The lowest BCUT2D eigenvalue weighted by molar-refractivity contribution is 0.0611. The van der Waals surface area contributed by atoms with Gasteiger partial charge in [0.1, 0.15) is 13.2 Å². The van der Waals surface area contributed by atoms with Crippen molar-refractivity contribution in [3.63, 3.8) is 0 Å². The molecular weight excluding hydrogens is 268 g/mol. The molecule has 0 saturated carbocycles. The minimum absolute atomic E-state index is 0.199. The standard InChI is InChI=1S/C16H24N2O3/c1-12-11-18(5-2-6-19-12)14(10-17)13-3-4-15-16(9-13)21-8-7-20-15/h3-4,9,12,14H,2,5-8,10-11,17H2,1H3. The average Bonchev–Trinajstić information content (AvgIpc) is 2.72. The highest BCUT2D eigenvalue weighted by atomic mass is 16.6. The Kier molecular flexibility index (Phi) is 4.63. The minimum Gasteiger partial charge on any atom is -0.486 e. The van der Waals surface area contributed by atoms with Crippen LogP contribution < -0.4 is 15.2 Å². The third-order valence-corrected chi connectivity index (χ3v) is 4.10. The minimum atomic E-state index is 0.199. The van der Waals surface area contributed by atoms with Gasteiger partial charge in [-0.2, -0.15) is 0 Å². The van der Waals surface area contributed by atoms with Crippen molar-refractivity contribution in [1.82, 2.24) is 4.90 Å². The first-order valence-electron chi connectivity index (χ1n) is 7.73. The summed E-state index contributed by atoms with van der Waals surface area (Å²) in [5.74, 6) is 1.66. The summed E-state index contributed by atoms with van der Waals surface area (Å²) in [6.07, 6.45) is 1.30. The predicted molar refractivity (Wildman–Crippen MR) is 80.8 cm³/mol. The van der Waals surface area contributed by atoms with Crippen LogP contribution in [0.4, 0.5) is 0 Å². The fourth-order valence-corrected chi connectivity index (χ4v) is 3.07. The van der Waals surface area contributed by atoms with Gasteiger partial charge in [0.25, 0.3) is 0 Å². The molecule has 5 heteroatoms. The lowest BCUT2D eigenvalue weighted by Gasteiger charge is -2.31. The molecule has 0 aliphatic carbocycles. The number of rotatable bonds is 3. The van der Waals surface area contributed by atoms with Gasteiger partial charge in [0, 0.05) is 32.3 Å². The summed E-state index contributed by atoms with van der Waals surface area (Å²) in [6.45, 7) is 6.70. The second kappa shape index (κ2) is 6.64. The Bertz CT molecular complexity index is 481. The summed E-state index contributed by atoms with van der Waals surface area (Å²) in [6, 6.07) is 6.36. The molecule has 0 amide bonds. The van der Waals surface area contributed by atoms with Gasteiger partial charge in [-0.1, -0.05) is 6.07 Å². The van der Waals surface area contributed by atoms with Gasteiger partial charge in [0.2, 0.25) is 0 Å². The number of nitrogens with zero attached hydrogens (tertiary/aromatic N) is 1. The van der Waals surface area contributed by atoms with Gasteiger partial charge in [0.15, 0.2) is 11.5 Å². The number of hydrogen-bond donors (Lipinski definition) is 1. The van der Waals surface area contributed by atoms with Crippen molar-refractivity contribution >= 4 is 0 Å². The molecule has 1 fully saturated rings. The van der Waals surface area contributed by atoms with Crippen LogP contribution in [-0.2, 0) is 4.74 Å². The maximum Gasteiger partial charge on any atom is 0.161 e. The van der Waals surface area contributed by atoms with E-state index in [-0.39, 0.29) is 12.1 Å². The number of nitrogens with two attached hydrogens (primary N) is 1. The summed E-state index contributed by atoms with van der Waals surface area (Å²) < 4.78 is 17.0. The molecule has 2 N–H and O–H groups in total. The van der Waals surface area contributed by atoms with Gasteiger partial charge in [-0.25, -0.2) is 0 Å². The zero-order chi connectivity index (χ0) is 14.7. The van der Waals surface area contributed by atoms with E-state index in [4.69, 9.17) is 19.9 Å². The van der Waals surface area contributed by atoms with Crippen molar-refractivity contribution in [2.24, 2.45) is 5.73 Å². The first-order chi connectivity index (χ1) is 10.3. The Morgan fingerprint density at radius 1 is 1.24 bits per heavy atom. The third kappa shape index (κ3) is 3.31. The fourth-order valence-electron chi connectivity index (χ4n) is 3.07. The number of fused-ring (bicyclic) bond motifs is 1. The van der Waals surface area contributed by atoms with E-state index < -0.39 is 0 Å². The van der Waals surface area contributed by atoms with E-state index in [0.29, 0.717) is 19.8 Å². The van der Waals surface area contributed by atoms with Gasteiger partial charge >= 0.3 is 0 Å². The van der Waals surface area contributed by atoms with Crippen molar-refractivity contribution < 1.29 is 14.2 Å². The van der Waals surface area contributed by atoms with E-state index in [2.05, 4.69) is 24.0 Å². The van der Waals surface area contributed by atoms with Crippen LogP contribution in [0.2, 0.25) is 0 Å².